The van der Waals surface area contributed by atoms with Crippen LogP contribution in [0, 0.1) is 5.82 Å². The van der Waals surface area contributed by atoms with Crippen LogP contribution in [0.2, 0.25) is 5.02 Å². The van der Waals surface area contributed by atoms with Gasteiger partial charge in [0.15, 0.2) is 0 Å². The van der Waals surface area contributed by atoms with Gasteiger partial charge in [-0.05, 0) is 68.8 Å². The maximum Gasteiger partial charge on any atom is 0.258 e. The second-order valence-electron chi connectivity index (χ2n) is 8.69. The van der Waals surface area contributed by atoms with E-state index in [2.05, 4.69) is 20.3 Å². The van der Waals surface area contributed by atoms with Crippen molar-refractivity contribution in [2.75, 3.05) is 5.32 Å². The third-order valence-electron chi connectivity index (χ3n) is 5.88. The van der Waals surface area contributed by atoms with E-state index in [0.29, 0.717) is 28.1 Å². The summed E-state index contributed by atoms with van der Waals surface area (Å²) in [6.45, 7) is 5.70. The summed E-state index contributed by atoms with van der Waals surface area (Å²) in [6.07, 6.45) is -0.619. The van der Waals surface area contributed by atoms with Crippen LogP contribution in [-0.2, 0) is 0 Å². The van der Waals surface area contributed by atoms with Gasteiger partial charge in [0.25, 0.3) is 5.91 Å². The number of anilines is 1. The quantitative estimate of drug-likeness (QED) is 0.270. The second kappa shape index (κ2) is 8.79. The van der Waals surface area contributed by atoms with E-state index < -0.39 is 11.9 Å². The van der Waals surface area contributed by atoms with Crippen molar-refractivity contribution in [1.82, 2.24) is 19.5 Å². The van der Waals surface area contributed by atoms with Gasteiger partial charge in [-0.2, -0.15) is 0 Å². The van der Waals surface area contributed by atoms with Crippen molar-refractivity contribution < 1.29 is 14.3 Å². The van der Waals surface area contributed by atoms with E-state index in [-0.39, 0.29) is 28.4 Å². The van der Waals surface area contributed by atoms with Crippen LogP contribution in [0.1, 0.15) is 48.8 Å². The lowest BCUT2D eigenvalue weighted by atomic mass is 10.1. The summed E-state index contributed by atoms with van der Waals surface area (Å²) in [7, 11) is 0. The van der Waals surface area contributed by atoms with E-state index in [1.807, 2.05) is 36.6 Å². The largest absolute Gasteiger partial charge is 0.389 e. The number of carbonyl (C=O) groups excluding carboxylic acids is 1. The number of H-pyrrole nitrogens is 1. The number of hydrogen-bond donors (Lipinski definition) is 3. The topological polar surface area (TPSA) is 95.8 Å². The van der Waals surface area contributed by atoms with Gasteiger partial charge in [-0.25, -0.2) is 14.4 Å². The lowest BCUT2D eigenvalue weighted by molar-refractivity contribution is 0.102. The molecule has 1 amide bonds. The Morgan fingerprint density at radius 2 is 1.89 bits per heavy atom. The highest BCUT2D eigenvalue weighted by atomic mass is 35.5. The first-order valence-electron chi connectivity index (χ1n) is 11.2. The van der Waals surface area contributed by atoms with Crippen LogP contribution in [0.4, 0.5) is 10.3 Å². The molecule has 0 saturated carbocycles. The molecule has 35 heavy (non-hydrogen) atoms. The lowest BCUT2D eigenvalue weighted by Crippen LogP contribution is -2.16. The molecule has 3 N–H and O–H groups in total. The second-order valence-corrected chi connectivity index (χ2v) is 9.10. The maximum atomic E-state index is 14.3. The predicted molar refractivity (Wildman–Crippen MR) is 135 cm³/mol. The number of carbonyl (C=O) groups is 1. The summed E-state index contributed by atoms with van der Waals surface area (Å²) in [5.41, 5.74) is 4.00. The molecule has 0 saturated heterocycles. The average molecular weight is 492 g/mol. The minimum Gasteiger partial charge on any atom is -0.389 e. The van der Waals surface area contributed by atoms with E-state index >= 15 is 0 Å². The Balaban J connectivity index is 1.49. The molecule has 5 aromatic rings. The highest BCUT2D eigenvalue weighted by Crippen LogP contribution is 2.31. The van der Waals surface area contributed by atoms with E-state index in [1.54, 1.807) is 31.2 Å². The van der Waals surface area contributed by atoms with E-state index in [0.717, 1.165) is 11.1 Å². The first kappa shape index (κ1) is 23.0. The molecule has 0 fully saturated rings. The fraction of sp³-hybridized carbons (Fsp3) is 0.192. The zero-order valence-electron chi connectivity index (χ0n) is 19.3. The summed E-state index contributed by atoms with van der Waals surface area (Å²) < 4.78 is 16.3. The van der Waals surface area contributed by atoms with Crippen LogP contribution in [-0.4, -0.2) is 30.5 Å². The number of fused-ring (bicyclic) bond motifs is 2. The predicted octanol–water partition coefficient (Wildman–Crippen LogP) is 6.26. The van der Waals surface area contributed by atoms with Gasteiger partial charge in [0.2, 0.25) is 5.95 Å². The fourth-order valence-corrected chi connectivity index (χ4v) is 4.40. The fourth-order valence-electron chi connectivity index (χ4n) is 4.15. The van der Waals surface area contributed by atoms with Gasteiger partial charge in [0.05, 0.1) is 38.8 Å². The number of aromatic amines is 1. The summed E-state index contributed by atoms with van der Waals surface area (Å²) >= 11 is 6.18. The first-order chi connectivity index (χ1) is 16.7. The Bertz CT molecular complexity index is 1570. The number of aliphatic hydroxyl groups excluding tert-OH is 1. The van der Waals surface area contributed by atoms with Crippen LogP contribution < -0.4 is 5.32 Å². The number of hydrogen-bond acceptors (Lipinski definition) is 4. The van der Waals surface area contributed by atoms with Gasteiger partial charge in [-0.1, -0.05) is 23.7 Å². The number of rotatable bonds is 5. The molecule has 1 atom stereocenters. The van der Waals surface area contributed by atoms with Crippen LogP contribution in [0.15, 0.2) is 54.6 Å². The summed E-state index contributed by atoms with van der Waals surface area (Å²) in [4.78, 5) is 25.3. The van der Waals surface area contributed by atoms with Crippen LogP contribution in [0.3, 0.4) is 0 Å². The van der Waals surface area contributed by atoms with Gasteiger partial charge in [-0.3, -0.25) is 10.1 Å². The molecule has 178 valence electrons. The highest BCUT2D eigenvalue weighted by molar-refractivity contribution is 6.33. The minimum atomic E-state index is -0.619. The smallest absolute Gasteiger partial charge is 0.258 e. The molecule has 0 aliphatic rings. The molecule has 0 aliphatic carbocycles. The number of nitrogens with zero attached hydrogens (tertiary/aromatic N) is 3. The van der Waals surface area contributed by atoms with Crippen LogP contribution >= 0.6 is 11.6 Å². The van der Waals surface area contributed by atoms with Crippen molar-refractivity contribution >= 4 is 45.5 Å². The molecular formula is C26H23ClFN5O2. The summed E-state index contributed by atoms with van der Waals surface area (Å²) in [5, 5.41) is 13.1. The molecule has 5 rings (SSSR count). The van der Waals surface area contributed by atoms with Crippen molar-refractivity contribution in [3.8, 4) is 11.4 Å². The van der Waals surface area contributed by atoms with Crippen molar-refractivity contribution in [2.24, 2.45) is 0 Å². The Morgan fingerprint density at radius 1 is 1.09 bits per heavy atom. The number of benzene rings is 3. The number of imidazole rings is 2. The normalized spacial score (nSPS) is 12.5. The van der Waals surface area contributed by atoms with Crippen molar-refractivity contribution in [1.29, 1.82) is 0 Å². The molecule has 9 heteroatoms. The number of amides is 1. The molecule has 2 heterocycles. The first-order valence-corrected chi connectivity index (χ1v) is 11.6. The molecule has 0 aliphatic heterocycles. The highest BCUT2D eigenvalue weighted by Gasteiger charge is 2.19. The third-order valence-corrected chi connectivity index (χ3v) is 6.20. The molecule has 0 bridgehead atoms. The van der Waals surface area contributed by atoms with Crippen molar-refractivity contribution in [3.63, 3.8) is 0 Å². The molecular weight excluding hydrogens is 469 g/mol. The van der Waals surface area contributed by atoms with Gasteiger partial charge >= 0.3 is 0 Å². The zero-order chi connectivity index (χ0) is 24.9. The Labute approximate surface area is 205 Å². The molecule has 3 aromatic carbocycles. The Hall–Kier alpha value is -3.75. The molecule has 0 radical (unpaired) electrons. The maximum absolute atomic E-state index is 14.3. The van der Waals surface area contributed by atoms with Crippen molar-refractivity contribution in [2.45, 2.75) is 32.9 Å². The molecule has 1 unspecified atom stereocenters. The zero-order valence-corrected chi connectivity index (χ0v) is 20.1. The third kappa shape index (κ3) is 4.15. The Morgan fingerprint density at radius 3 is 2.60 bits per heavy atom. The lowest BCUT2D eigenvalue weighted by Gasteiger charge is -2.13. The monoisotopic (exact) mass is 491 g/mol. The number of nitrogens with one attached hydrogen (secondary N) is 2. The number of halogens is 2. The summed E-state index contributed by atoms with van der Waals surface area (Å²) in [5.74, 6) is -0.144. The number of aliphatic hydroxyl groups is 1. The molecule has 0 spiro atoms. The van der Waals surface area contributed by atoms with Gasteiger partial charge in [0, 0.05) is 11.6 Å². The Kier molecular flexibility index (Phi) is 5.78. The van der Waals surface area contributed by atoms with Gasteiger partial charge < -0.3 is 14.7 Å². The minimum absolute atomic E-state index is 0.0367. The van der Waals surface area contributed by atoms with Crippen LogP contribution in [0.25, 0.3) is 33.5 Å². The van der Waals surface area contributed by atoms with Crippen molar-refractivity contribution in [3.05, 3.63) is 76.6 Å². The SMILES string of the molecule is CC(O)c1ccc2c(c1)nc(NC(=O)c1ccc3[nH]c(-c4c(F)cccc4Cl)nc3c1)n2C(C)C. The van der Waals surface area contributed by atoms with E-state index in [4.69, 9.17) is 11.6 Å². The van der Waals surface area contributed by atoms with Gasteiger partial charge in [-0.15, -0.1) is 0 Å². The average Bonchev–Trinajstić information content (AvgIpc) is 3.38. The summed E-state index contributed by atoms with van der Waals surface area (Å²) in [6, 6.07) is 15.1. The van der Waals surface area contributed by atoms with Crippen LogP contribution in [0.5, 0.6) is 0 Å². The molecule has 7 nitrogen and oxygen atoms in total. The van der Waals surface area contributed by atoms with Gasteiger partial charge in [0.1, 0.15) is 11.6 Å². The van der Waals surface area contributed by atoms with E-state index in [9.17, 15) is 14.3 Å². The number of aromatic nitrogens is 4. The molecule has 2 aromatic heterocycles. The standard InChI is InChI=1S/C26H23ClFN5O2/c1-13(2)33-22-10-8-15(14(3)34)11-21(22)31-26(33)32-25(35)16-7-9-19-20(12-16)30-24(29-19)23-17(27)5-4-6-18(23)28/h4-14,34H,1-3H3,(H,29,30)(H,31,32,35). The van der Waals surface area contributed by atoms with E-state index in [1.165, 1.54) is 12.1 Å².